The van der Waals surface area contributed by atoms with Crippen LogP contribution in [-0.2, 0) is 0 Å². The minimum Gasteiger partial charge on any atom is -0.345 e. The van der Waals surface area contributed by atoms with Crippen LogP contribution in [0.5, 0.6) is 0 Å². The molecule has 1 aliphatic rings. The summed E-state index contributed by atoms with van der Waals surface area (Å²) in [5.41, 5.74) is 0.960. The second kappa shape index (κ2) is 5.83. The van der Waals surface area contributed by atoms with Gasteiger partial charge in [0.25, 0.3) is 0 Å². The number of hydrogen-bond acceptors (Lipinski definition) is 4. The minimum atomic E-state index is 0.317. The van der Waals surface area contributed by atoms with Crippen molar-refractivity contribution in [3.63, 3.8) is 0 Å². The number of thiazole rings is 1. The highest BCUT2D eigenvalue weighted by Crippen LogP contribution is 2.32. The molecule has 0 spiro atoms. The van der Waals surface area contributed by atoms with Crippen molar-refractivity contribution in [3.05, 3.63) is 10.6 Å². The molecule has 0 aromatic carbocycles. The van der Waals surface area contributed by atoms with E-state index in [-0.39, 0.29) is 0 Å². The van der Waals surface area contributed by atoms with Gasteiger partial charge in [-0.05, 0) is 25.7 Å². The molecule has 18 heavy (non-hydrogen) atoms. The third-order valence-electron chi connectivity index (χ3n) is 3.62. The Balaban J connectivity index is 2.28. The molecule has 1 aliphatic heterocycles. The topological polar surface area (TPSA) is 33.2 Å². The summed E-state index contributed by atoms with van der Waals surface area (Å²) in [6.07, 6.45) is 6.04. The van der Waals surface area contributed by atoms with Crippen LogP contribution in [0.3, 0.4) is 0 Å². The maximum Gasteiger partial charge on any atom is 0.186 e. The Labute approximate surface area is 113 Å². The quantitative estimate of drug-likeness (QED) is 0.779. The van der Waals surface area contributed by atoms with E-state index in [2.05, 4.69) is 25.7 Å². The fourth-order valence-electron chi connectivity index (χ4n) is 2.51. The summed E-state index contributed by atoms with van der Waals surface area (Å²) < 4.78 is 0. The van der Waals surface area contributed by atoms with Crippen LogP contribution < -0.4 is 4.90 Å². The largest absolute Gasteiger partial charge is 0.345 e. The van der Waals surface area contributed by atoms with Gasteiger partial charge in [-0.25, -0.2) is 4.98 Å². The van der Waals surface area contributed by atoms with Crippen LogP contribution >= 0.6 is 11.3 Å². The van der Waals surface area contributed by atoms with Crippen LogP contribution in [0.1, 0.15) is 67.7 Å². The van der Waals surface area contributed by atoms with E-state index in [1.165, 1.54) is 25.7 Å². The lowest BCUT2D eigenvalue weighted by atomic mass is 10.1. The van der Waals surface area contributed by atoms with Crippen LogP contribution in [0.25, 0.3) is 0 Å². The number of carbonyl (C=O) groups is 1. The van der Waals surface area contributed by atoms with Gasteiger partial charge in [0, 0.05) is 12.6 Å². The van der Waals surface area contributed by atoms with Crippen molar-refractivity contribution < 1.29 is 4.79 Å². The molecule has 0 radical (unpaired) electrons. The summed E-state index contributed by atoms with van der Waals surface area (Å²) in [7, 11) is 0. The van der Waals surface area contributed by atoms with Gasteiger partial charge in [-0.1, -0.05) is 38.0 Å². The van der Waals surface area contributed by atoms with E-state index in [4.69, 9.17) is 4.98 Å². The average molecular weight is 266 g/mol. The van der Waals surface area contributed by atoms with Crippen LogP contribution in [0.2, 0.25) is 0 Å². The van der Waals surface area contributed by atoms with Crippen molar-refractivity contribution in [1.29, 1.82) is 0 Å². The summed E-state index contributed by atoms with van der Waals surface area (Å²) in [5, 5.41) is 1.04. The van der Waals surface area contributed by atoms with Gasteiger partial charge in [-0.3, -0.25) is 4.79 Å². The summed E-state index contributed by atoms with van der Waals surface area (Å²) >= 11 is 1.55. The number of nitrogens with zero attached hydrogens (tertiary/aromatic N) is 2. The van der Waals surface area contributed by atoms with Gasteiger partial charge in [0.1, 0.15) is 0 Å². The lowest BCUT2D eigenvalue weighted by Crippen LogP contribution is -2.32. The zero-order valence-electron chi connectivity index (χ0n) is 11.5. The summed E-state index contributed by atoms with van der Waals surface area (Å²) in [6.45, 7) is 7.53. The summed E-state index contributed by atoms with van der Waals surface area (Å²) in [4.78, 5) is 19.0. The van der Waals surface area contributed by atoms with E-state index < -0.39 is 0 Å². The predicted molar refractivity (Wildman–Crippen MR) is 76.9 cm³/mol. The molecular formula is C14H22N2OS. The Morgan fingerprint density at radius 1 is 1.39 bits per heavy atom. The number of aromatic nitrogens is 1. The first-order chi connectivity index (χ1) is 8.63. The molecular weight excluding hydrogens is 244 g/mol. The Kier molecular flexibility index (Phi) is 4.38. The number of hydrogen-bond donors (Lipinski definition) is 0. The number of rotatable bonds is 3. The lowest BCUT2D eigenvalue weighted by Gasteiger charge is -2.26. The minimum absolute atomic E-state index is 0.317. The highest BCUT2D eigenvalue weighted by atomic mass is 32.1. The van der Waals surface area contributed by atoms with E-state index in [0.29, 0.717) is 12.0 Å². The first-order valence-corrected chi connectivity index (χ1v) is 7.67. The smallest absolute Gasteiger partial charge is 0.186 e. The normalized spacial score (nSPS) is 21.1. The average Bonchev–Trinajstić information content (AvgIpc) is 2.66. The molecule has 1 aromatic heterocycles. The van der Waals surface area contributed by atoms with Crippen LogP contribution in [0, 0.1) is 0 Å². The van der Waals surface area contributed by atoms with Gasteiger partial charge >= 0.3 is 0 Å². The molecule has 0 bridgehead atoms. The number of anilines is 1. The first-order valence-electron chi connectivity index (χ1n) is 6.86. The van der Waals surface area contributed by atoms with E-state index >= 15 is 0 Å². The van der Waals surface area contributed by atoms with Crippen LogP contribution in [0.15, 0.2) is 0 Å². The van der Waals surface area contributed by atoms with Crippen molar-refractivity contribution in [1.82, 2.24) is 4.98 Å². The molecule has 0 aliphatic carbocycles. The third kappa shape index (κ3) is 2.74. The molecule has 2 heterocycles. The fourth-order valence-corrected chi connectivity index (χ4v) is 3.67. The third-order valence-corrected chi connectivity index (χ3v) is 4.66. The molecule has 1 unspecified atom stereocenters. The van der Waals surface area contributed by atoms with E-state index in [0.717, 1.165) is 28.5 Å². The van der Waals surface area contributed by atoms with Gasteiger partial charge in [-0.15, -0.1) is 0 Å². The van der Waals surface area contributed by atoms with Gasteiger partial charge in [-0.2, -0.15) is 0 Å². The molecule has 3 nitrogen and oxygen atoms in total. The zero-order valence-corrected chi connectivity index (χ0v) is 12.3. The second-order valence-corrected chi connectivity index (χ2v) is 6.42. The van der Waals surface area contributed by atoms with E-state index in [1.807, 2.05) is 0 Å². The van der Waals surface area contributed by atoms with E-state index in [9.17, 15) is 4.79 Å². The molecule has 0 amide bonds. The lowest BCUT2D eigenvalue weighted by molar-refractivity contribution is 0.112. The van der Waals surface area contributed by atoms with Crippen molar-refractivity contribution in [2.45, 2.75) is 58.4 Å². The van der Waals surface area contributed by atoms with Crippen molar-refractivity contribution >= 4 is 22.8 Å². The van der Waals surface area contributed by atoms with Crippen LogP contribution in [-0.4, -0.2) is 23.9 Å². The number of carbonyl (C=O) groups excluding carboxylic acids is 1. The van der Waals surface area contributed by atoms with Gasteiger partial charge in [0.05, 0.1) is 10.6 Å². The standard InChI is InChI=1S/C14H22N2OS/c1-10(2)13-12(9-17)18-14(15-13)16-8-6-4-5-7-11(16)3/h9-11H,4-8H2,1-3H3. The highest BCUT2D eigenvalue weighted by Gasteiger charge is 2.22. The molecule has 100 valence electrons. The van der Waals surface area contributed by atoms with Gasteiger partial charge < -0.3 is 4.90 Å². The van der Waals surface area contributed by atoms with Gasteiger partial charge in [0.15, 0.2) is 11.4 Å². The number of aldehydes is 1. The molecule has 1 aromatic rings. The first kappa shape index (κ1) is 13.5. The second-order valence-electron chi connectivity index (χ2n) is 5.41. The molecule has 1 atom stereocenters. The predicted octanol–water partition coefficient (Wildman–Crippen LogP) is 3.85. The molecule has 1 fully saturated rings. The maximum absolute atomic E-state index is 11.1. The Hall–Kier alpha value is -0.900. The summed E-state index contributed by atoms with van der Waals surface area (Å²) in [5.74, 6) is 0.317. The highest BCUT2D eigenvalue weighted by molar-refractivity contribution is 7.17. The maximum atomic E-state index is 11.1. The molecule has 2 rings (SSSR count). The van der Waals surface area contributed by atoms with Crippen LogP contribution in [0.4, 0.5) is 5.13 Å². The summed E-state index contributed by atoms with van der Waals surface area (Å²) in [6, 6.07) is 0.540. The van der Waals surface area contributed by atoms with Crippen molar-refractivity contribution in [3.8, 4) is 0 Å². The monoisotopic (exact) mass is 266 g/mol. The zero-order chi connectivity index (χ0) is 13.1. The molecule has 1 saturated heterocycles. The molecule has 4 heteroatoms. The Morgan fingerprint density at radius 2 is 2.17 bits per heavy atom. The SMILES string of the molecule is CC(C)c1nc(N2CCCCCC2C)sc1C=O. The Bertz CT molecular complexity index is 414. The van der Waals surface area contributed by atoms with Crippen molar-refractivity contribution in [2.75, 3.05) is 11.4 Å². The van der Waals surface area contributed by atoms with Crippen molar-refractivity contribution in [2.24, 2.45) is 0 Å². The van der Waals surface area contributed by atoms with E-state index in [1.54, 1.807) is 11.3 Å². The van der Waals surface area contributed by atoms with Gasteiger partial charge in [0.2, 0.25) is 0 Å². The Morgan fingerprint density at radius 3 is 2.78 bits per heavy atom. The fraction of sp³-hybridized carbons (Fsp3) is 0.714. The molecule has 0 N–H and O–H groups in total. The molecule has 0 saturated carbocycles.